The fraction of sp³-hybridized carbons (Fsp3) is 0. The topological polar surface area (TPSA) is 65.6 Å². The van der Waals surface area contributed by atoms with E-state index in [4.69, 9.17) is 4.42 Å². The fourth-order valence-electron chi connectivity index (χ4n) is 2.48. The van der Waals surface area contributed by atoms with E-state index in [1.54, 1.807) is 18.2 Å². The number of aromatic amines is 1. The Labute approximate surface area is 153 Å². The van der Waals surface area contributed by atoms with Crippen LogP contribution in [0.4, 0.5) is 4.39 Å². The molecule has 0 spiro atoms. The number of imidazole rings is 1. The summed E-state index contributed by atoms with van der Waals surface area (Å²) in [4.78, 5) is 8.37. The highest BCUT2D eigenvalue weighted by Crippen LogP contribution is 2.30. The molecule has 2 aromatic heterocycles. The number of rotatable bonds is 4. The summed E-state index contributed by atoms with van der Waals surface area (Å²) in [7, 11) is 0. The van der Waals surface area contributed by atoms with Crippen LogP contribution in [0.2, 0.25) is 0 Å². The van der Waals surface area contributed by atoms with Crippen molar-refractivity contribution < 1.29 is 8.81 Å². The molecule has 0 radical (unpaired) electrons. The summed E-state index contributed by atoms with van der Waals surface area (Å²) in [6.07, 6.45) is 1.61. The predicted octanol–water partition coefficient (Wildman–Crippen LogP) is 5.51. The molecule has 1 N–H and O–H groups in total. The number of H-pyrrole nitrogens is 1. The Hall–Kier alpha value is -3.30. The lowest BCUT2D eigenvalue weighted by Crippen LogP contribution is -1.84. The van der Waals surface area contributed by atoms with Gasteiger partial charge in [0.05, 0.1) is 16.6 Å². The number of fused-ring (bicyclic) bond motifs is 1. The van der Waals surface area contributed by atoms with Gasteiger partial charge in [-0.1, -0.05) is 30.0 Å². The molecule has 2 aromatic carbocycles. The third kappa shape index (κ3) is 3.39. The van der Waals surface area contributed by atoms with Crippen molar-refractivity contribution in [1.29, 1.82) is 5.26 Å². The Morgan fingerprint density at radius 1 is 1.15 bits per heavy atom. The van der Waals surface area contributed by atoms with E-state index in [9.17, 15) is 9.65 Å². The summed E-state index contributed by atoms with van der Waals surface area (Å²) in [5, 5.41) is 10.2. The minimum absolute atomic E-state index is 0.312. The van der Waals surface area contributed by atoms with E-state index in [-0.39, 0.29) is 5.82 Å². The molecule has 2 heterocycles. The van der Waals surface area contributed by atoms with Crippen LogP contribution in [-0.2, 0) is 0 Å². The van der Waals surface area contributed by atoms with Crippen molar-refractivity contribution in [1.82, 2.24) is 9.97 Å². The van der Waals surface area contributed by atoms with Gasteiger partial charge in [-0.15, -0.1) is 0 Å². The first kappa shape index (κ1) is 16.2. The van der Waals surface area contributed by atoms with Crippen LogP contribution in [0.3, 0.4) is 0 Å². The fourth-order valence-corrected chi connectivity index (χ4v) is 3.28. The van der Waals surface area contributed by atoms with E-state index in [2.05, 4.69) is 16.0 Å². The van der Waals surface area contributed by atoms with Crippen molar-refractivity contribution in [2.75, 3.05) is 0 Å². The second-order valence-corrected chi connectivity index (χ2v) is 6.57. The molecule has 6 heteroatoms. The first-order chi connectivity index (χ1) is 12.7. The molecule has 4 rings (SSSR count). The minimum atomic E-state index is -0.358. The van der Waals surface area contributed by atoms with E-state index < -0.39 is 0 Å². The second-order valence-electron chi connectivity index (χ2n) is 5.49. The average Bonchev–Trinajstić information content (AvgIpc) is 3.26. The standard InChI is InChI=1S/C20H12FN3OS/c21-14-6-8-17-18(11-14)24-20(23-17)13(12-22)10-15-7-9-19(25-15)26-16-4-2-1-3-5-16/h1-11H,(H,23,24)/b13-10-. The molecule has 0 unspecified atom stereocenters. The molecule has 0 atom stereocenters. The van der Waals surface area contributed by atoms with Gasteiger partial charge in [-0.3, -0.25) is 0 Å². The van der Waals surface area contributed by atoms with Crippen LogP contribution in [0.1, 0.15) is 11.6 Å². The lowest BCUT2D eigenvalue weighted by molar-refractivity contribution is 0.466. The van der Waals surface area contributed by atoms with Gasteiger partial charge in [-0.25, -0.2) is 9.37 Å². The summed E-state index contributed by atoms with van der Waals surface area (Å²) >= 11 is 1.50. The number of allylic oxidation sites excluding steroid dienone is 1. The smallest absolute Gasteiger partial charge is 0.165 e. The Bertz CT molecular complexity index is 1140. The molecule has 4 nitrogen and oxygen atoms in total. The van der Waals surface area contributed by atoms with Crippen molar-refractivity contribution >= 4 is 34.4 Å². The molecule has 0 amide bonds. The Balaban J connectivity index is 1.62. The maximum Gasteiger partial charge on any atom is 0.165 e. The van der Waals surface area contributed by atoms with Gasteiger partial charge in [0.1, 0.15) is 23.5 Å². The molecule has 4 aromatic rings. The number of hydrogen-bond acceptors (Lipinski definition) is 4. The summed E-state index contributed by atoms with van der Waals surface area (Å²) in [5.74, 6) is 0.567. The Kier molecular flexibility index (Phi) is 4.30. The van der Waals surface area contributed by atoms with Crippen LogP contribution in [0.5, 0.6) is 0 Å². The third-order valence-electron chi connectivity index (χ3n) is 3.67. The summed E-state index contributed by atoms with van der Waals surface area (Å²) in [6.45, 7) is 0. The number of benzene rings is 2. The maximum absolute atomic E-state index is 13.3. The minimum Gasteiger partial charge on any atom is -0.450 e. The van der Waals surface area contributed by atoms with E-state index in [0.717, 1.165) is 9.99 Å². The third-order valence-corrected chi connectivity index (χ3v) is 4.60. The highest BCUT2D eigenvalue weighted by atomic mass is 32.2. The molecule has 0 saturated heterocycles. The summed E-state index contributed by atoms with van der Waals surface area (Å²) < 4.78 is 19.1. The van der Waals surface area contributed by atoms with E-state index in [1.807, 2.05) is 36.4 Å². The van der Waals surface area contributed by atoms with Crippen molar-refractivity contribution in [3.8, 4) is 6.07 Å². The lowest BCUT2D eigenvalue weighted by atomic mass is 10.2. The van der Waals surface area contributed by atoms with Crippen LogP contribution in [0, 0.1) is 17.1 Å². The van der Waals surface area contributed by atoms with Gasteiger partial charge >= 0.3 is 0 Å². The van der Waals surface area contributed by atoms with Gasteiger partial charge in [0.25, 0.3) is 0 Å². The van der Waals surface area contributed by atoms with Gasteiger partial charge in [-0.05, 0) is 42.5 Å². The SMILES string of the molecule is N#C/C(=C/c1ccc(Sc2ccccc2)o1)c1nc2ccc(F)cc2[nH]1. The molecular formula is C20H12FN3OS. The van der Waals surface area contributed by atoms with Crippen LogP contribution in [-0.4, -0.2) is 9.97 Å². The zero-order chi connectivity index (χ0) is 17.9. The van der Waals surface area contributed by atoms with Crippen LogP contribution in [0.15, 0.2) is 75.1 Å². The molecule has 0 aliphatic carbocycles. The molecule has 0 saturated carbocycles. The molecular weight excluding hydrogens is 349 g/mol. The normalized spacial score (nSPS) is 11.6. The van der Waals surface area contributed by atoms with Gasteiger partial charge in [0.2, 0.25) is 0 Å². The number of halogens is 1. The molecule has 26 heavy (non-hydrogen) atoms. The number of nitrogens with one attached hydrogen (secondary N) is 1. The number of aromatic nitrogens is 2. The van der Waals surface area contributed by atoms with Crippen LogP contribution < -0.4 is 0 Å². The van der Waals surface area contributed by atoms with Crippen molar-refractivity contribution in [2.24, 2.45) is 0 Å². The number of nitrogens with zero attached hydrogens (tertiary/aromatic N) is 2. The average molecular weight is 361 g/mol. The van der Waals surface area contributed by atoms with E-state index in [1.165, 1.54) is 23.9 Å². The van der Waals surface area contributed by atoms with Crippen molar-refractivity contribution in [3.63, 3.8) is 0 Å². The lowest BCUT2D eigenvalue weighted by Gasteiger charge is -1.96. The maximum atomic E-state index is 13.3. The van der Waals surface area contributed by atoms with Crippen LogP contribution >= 0.6 is 11.8 Å². The molecule has 0 bridgehead atoms. The summed E-state index contributed by atoms with van der Waals surface area (Å²) in [5.41, 5.74) is 1.45. The zero-order valence-electron chi connectivity index (χ0n) is 13.4. The monoisotopic (exact) mass is 361 g/mol. The number of nitriles is 1. The highest BCUT2D eigenvalue weighted by molar-refractivity contribution is 7.99. The van der Waals surface area contributed by atoms with E-state index in [0.29, 0.717) is 28.2 Å². The molecule has 0 aliphatic heterocycles. The Morgan fingerprint density at radius 2 is 2.00 bits per heavy atom. The largest absolute Gasteiger partial charge is 0.450 e. The van der Waals surface area contributed by atoms with Gasteiger partial charge < -0.3 is 9.40 Å². The quantitative estimate of drug-likeness (QED) is 0.487. The number of hydrogen-bond donors (Lipinski definition) is 1. The molecule has 126 valence electrons. The van der Waals surface area contributed by atoms with Crippen molar-refractivity contribution in [3.05, 3.63) is 78.1 Å². The molecule has 0 fully saturated rings. The number of furan rings is 1. The van der Waals surface area contributed by atoms with Gasteiger partial charge in [0, 0.05) is 11.0 Å². The molecule has 0 aliphatic rings. The van der Waals surface area contributed by atoms with Gasteiger partial charge in [-0.2, -0.15) is 5.26 Å². The zero-order valence-corrected chi connectivity index (χ0v) is 14.3. The van der Waals surface area contributed by atoms with Crippen molar-refractivity contribution in [2.45, 2.75) is 9.99 Å². The van der Waals surface area contributed by atoms with E-state index >= 15 is 0 Å². The summed E-state index contributed by atoms with van der Waals surface area (Å²) in [6, 6.07) is 19.9. The second kappa shape index (κ2) is 6.90. The Morgan fingerprint density at radius 3 is 2.81 bits per heavy atom. The van der Waals surface area contributed by atoms with Gasteiger partial charge in [0.15, 0.2) is 5.09 Å². The van der Waals surface area contributed by atoms with Crippen LogP contribution in [0.25, 0.3) is 22.7 Å². The predicted molar refractivity (Wildman–Crippen MR) is 98.8 cm³/mol. The highest BCUT2D eigenvalue weighted by Gasteiger charge is 2.10. The first-order valence-corrected chi connectivity index (χ1v) is 8.63. The first-order valence-electron chi connectivity index (χ1n) is 7.81.